The van der Waals surface area contributed by atoms with Crippen molar-refractivity contribution in [3.63, 3.8) is 0 Å². The monoisotopic (exact) mass is 495 g/mol. The molecule has 2 aliphatic rings. The van der Waals surface area contributed by atoms with E-state index < -0.39 is 0 Å². The molecule has 0 unspecified atom stereocenters. The van der Waals surface area contributed by atoms with Crippen LogP contribution in [0.1, 0.15) is 34.7 Å². The fourth-order valence-electron chi connectivity index (χ4n) is 5.52. The normalized spacial score (nSPS) is 17.9. The van der Waals surface area contributed by atoms with Crippen LogP contribution in [-0.2, 0) is 6.42 Å². The molecule has 4 aromatic rings. The number of H-pyrrole nitrogens is 1. The number of aromatic nitrogens is 4. The number of hydrogen-bond acceptors (Lipinski definition) is 6. The molecule has 190 valence electrons. The van der Waals surface area contributed by atoms with E-state index in [0.717, 1.165) is 85.8 Å². The van der Waals surface area contributed by atoms with Crippen LogP contribution in [0.25, 0.3) is 22.3 Å². The van der Waals surface area contributed by atoms with Gasteiger partial charge in [0, 0.05) is 75.0 Å². The van der Waals surface area contributed by atoms with Gasteiger partial charge in [-0.1, -0.05) is 12.1 Å². The van der Waals surface area contributed by atoms with Gasteiger partial charge in [0.25, 0.3) is 5.91 Å². The number of aromatic amines is 1. The third-order valence-corrected chi connectivity index (χ3v) is 7.72. The SMILES string of the molecule is CN1CCN(C2CCN(C(=O)c3cc4cc(Cc5nccc(-c6ccccn6)n5)ccc4[nH]3)CC2)CC1. The maximum Gasteiger partial charge on any atom is 0.270 e. The number of likely N-dealkylation sites (tertiary alicyclic amines) is 1. The Balaban J connectivity index is 1.11. The quantitative estimate of drug-likeness (QED) is 0.457. The largest absolute Gasteiger partial charge is 0.351 e. The molecule has 0 bridgehead atoms. The molecule has 0 atom stereocenters. The van der Waals surface area contributed by atoms with Crippen molar-refractivity contribution < 1.29 is 4.79 Å². The van der Waals surface area contributed by atoms with E-state index >= 15 is 0 Å². The molecule has 2 fully saturated rings. The zero-order valence-electron chi connectivity index (χ0n) is 21.3. The average molecular weight is 496 g/mol. The van der Waals surface area contributed by atoms with Crippen molar-refractivity contribution in [2.24, 2.45) is 0 Å². The number of amides is 1. The summed E-state index contributed by atoms with van der Waals surface area (Å²) in [6.45, 7) is 6.19. The van der Waals surface area contributed by atoms with Crippen LogP contribution in [0.15, 0.2) is 60.9 Å². The zero-order chi connectivity index (χ0) is 25.2. The van der Waals surface area contributed by atoms with Crippen molar-refractivity contribution in [1.29, 1.82) is 0 Å². The highest BCUT2D eigenvalue weighted by molar-refractivity contribution is 5.98. The van der Waals surface area contributed by atoms with Gasteiger partial charge in [-0.15, -0.1) is 0 Å². The number of piperazine rings is 1. The number of nitrogens with one attached hydrogen (secondary N) is 1. The fourth-order valence-corrected chi connectivity index (χ4v) is 5.52. The van der Waals surface area contributed by atoms with E-state index in [1.807, 2.05) is 41.3 Å². The van der Waals surface area contributed by atoms with Crippen molar-refractivity contribution in [3.05, 3.63) is 78.0 Å². The van der Waals surface area contributed by atoms with Crippen LogP contribution < -0.4 is 0 Å². The second-order valence-electron chi connectivity index (χ2n) is 10.2. The first-order chi connectivity index (χ1) is 18.1. The molecule has 0 radical (unpaired) electrons. The van der Waals surface area contributed by atoms with Crippen LogP contribution >= 0.6 is 0 Å². The Morgan fingerprint density at radius 3 is 2.54 bits per heavy atom. The van der Waals surface area contributed by atoms with Gasteiger partial charge in [0.1, 0.15) is 11.5 Å². The minimum atomic E-state index is 0.0981. The van der Waals surface area contributed by atoms with Crippen LogP contribution in [0.2, 0.25) is 0 Å². The number of fused-ring (bicyclic) bond motifs is 1. The van der Waals surface area contributed by atoms with E-state index in [1.165, 1.54) is 0 Å². The Labute approximate surface area is 217 Å². The van der Waals surface area contributed by atoms with Crippen LogP contribution in [0.3, 0.4) is 0 Å². The fraction of sp³-hybridized carbons (Fsp3) is 0.379. The lowest BCUT2D eigenvalue weighted by atomic mass is 10.0. The number of carbonyl (C=O) groups is 1. The molecule has 0 aliphatic carbocycles. The van der Waals surface area contributed by atoms with Crippen molar-refractivity contribution in [2.75, 3.05) is 46.3 Å². The summed E-state index contributed by atoms with van der Waals surface area (Å²) in [6.07, 6.45) is 6.27. The van der Waals surface area contributed by atoms with E-state index in [2.05, 4.69) is 43.9 Å². The number of hydrogen-bond donors (Lipinski definition) is 1. The Hall–Kier alpha value is -3.62. The molecule has 3 aromatic heterocycles. The van der Waals surface area contributed by atoms with Crippen molar-refractivity contribution >= 4 is 16.8 Å². The minimum Gasteiger partial charge on any atom is -0.351 e. The van der Waals surface area contributed by atoms with Crippen LogP contribution in [0.5, 0.6) is 0 Å². The Kier molecular flexibility index (Phi) is 6.68. The Morgan fingerprint density at radius 2 is 1.76 bits per heavy atom. The Morgan fingerprint density at radius 1 is 0.919 bits per heavy atom. The highest BCUT2D eigenvalue weighted by Gasteiger charge is 2.29. The lowest BCUT2D eigenvalue weighted by Crippen LogP contribution is -2.53. The standard InChI is InChI=1S/C29H33N7O/c1-34-14-16-35(17-15-34)23-8-12-36(13-9-23)29(37)27-20-22-18-21(5-6-24(22)32-27)19-28-31-11-7-26(33-28)25-4-2-3-10-30-25/h2-7,10-11,18,20,23,32H,8-9,12-17,19H2,1H3. The summed E-state index contributed by atoms with van der Waals surface area (Å²) in [7, 11) is 2.19. The smallest absolute Gasteiger partial charge is 0.270 e. The molecule has 1 aromatic carbocycles. The van der Waals surface area contributed by atoms with Gasteiger partial charge in [0.2, 0.25) is 0 Å². The van der Waals surface area contributed by atoms with Crippen molar-refractivity contribution in [1.82, 2.24) is 34.6 Å². The lowest BCUT2D eigenvalue weighted by molar-refractivity contribution is 0.0515. The summed E-state index contributed by atoms with van der Waals surface area (Å²) in [5, 5.41) is 1.04. The molecule has 6 rings (SSSR count). The van der Waals surface area contributed by atoms with Gasteiger partial charge >= 0.3 is 0 Å². The predicted molar refractivity (Wildman–Crippen MR) is 144 cm³/mol. The lowest BCUT2D eigenvalue weighted by Gasteiger charge is -2.42. The van der Waals surface area contributed by atoms with E-state index in [-0.39, 0.29) is 5.91 Å². The summed E-state index contributed by atoms with van der Waals surface area (Å²) in [5.41, 5.74) is 4.40. The molecule has 37 heavy (non-hydrogen) atoms. The van der Waals surface area contributed by atoms with E-state index in [0.29, 0.717) is 18.2 Å². The summed E-state index contributed by atoms with van der Waals surface area (Å²) >= 11 is 0. The number of carbonyl (C=O) groups excluding carboxylic acids is 1. The van der Waals surface area contributed by atoms with Gasteiger partial charge in [-0.3, -0.25) is 14.7 Å². The third-order valence-electron chi connectivity index (χ3n) is 7.72. The molecule has 8 nitrogen and oxygen atoms in total. The Bertz CT molecular complexity index is 1370. The van der Waals surface area contributed by atoms with Crippen LogP contribution in [-0.4, -0.2) is 92.9 Å². The van der Waals surface area contributed by atoms with Crippen molar-refractivity contribution in [3.8, 4) is 11.4 Å². The molecule has 2 aliphatic heterocycles. The van der Waals surface area contributed by atoms with E-state index in [1.54, 1.807) is 12.4 Å². The molecule has 2 saturated heterocycles. The first-order valence-corrected chi connectivity index (χ1v) is 13.2. The second kappa shape index (κ2) is 10.4. The van der Waals surface area contributed by atoms with Gasteiger partial charge in [-0.25, -0.2) is 9.97 Å². The van der Waals surface area contributed by atoms with Crippen LogP contribution in [0, 0.1) is 0 Å². The first kappa shape index (κ1) is 23.8. The summed E-state index contributed by atoms with van der Waals surface area (Å²) in [4.78, 5) is 37.2. The minimum absolute atomic E-state index is 0.0981. The predicted octanol–water partition coefficient (Wildman–Crippen LogP) is 3.46. The number of benzene rings is 1. The summed E-state index contributed by atoms with van der Waals surface area (Å²) in [6, 6.07) is 16.5. The molecule has 5 heterocycles. The van der Waals surface area contributed by atoms with Gasteiger partial charge in [0.05, 0.1) is 11.4 Å². The number of likely N-dealkylation sites (N-methyl/N-ethyl adjacent to an activating group) is 1. The zero-order valence-corrected chi connectivity index (χ0v) is 21.3. The number of pyridine rings is 1. The third kappa shape index (κ3) is 5.26. The topological polar surface area (TPSA) is 81.2 Å². The van der Waals surface area contributed by atoms with E-state index in [9.17, 15) is 4.79 Å². The van der Waals surface area contributed by atoms with Crippen LogP contribution in [0.4, 0.5) is 0 Å². The molecule has 0 spiro atoms. The number of nitrogens with zero attached hydrogens (tertiary/aromatic N) is 6. The molecular formula is C29H33N7O. The van der Waals surface area contributed by atoms with Gasteiger partial charge in [0.15, 0.2) is 0 Å². The van der Waals surface area contributed by atoms with E-state index in [4.69, 9.17) is 4.98 Å². The second-order valence-corrected chi connectivity index (χ2v) is 10.2. The average Bonchev–Trinajstić information content (AvgIpc) is 3.37. The van der Waals surface area contributed by atoms with Crippen molar-refractivity contribution in [2.45, 2.75) is 25.3 Å². The maximum atomic E-state index is 13.3. The highest BCUT2D eigenvalue weighted by Crippen LogP contribution is 2.23. The molecule has 1 N–H and O–H groups in total. The van der Waals surface area contributed by atoms with Gasteiger partial charge in [-0.05, 0) is 61.9 Å². The number of rotatable bonds is 5. The maximum absolute atomic E-state index is 13.3. The van der Waals surface area contributed by atoms with Gasteiger partial charge < -0.3 is 14.8 Å². The summed E-state index contributed by atoms with van der Waals surface area (Å²) < 4.78 is 0. The van der Waals surface area contributed by atoms with Gasteiger partial charge in [-0.2, -0.15) is 0 Å². The summed E-state index contributed by atoms with van der Waals surface area (Å²) in [5.74, 6) is 0.846. The molecular weight excluding hydrogens is 462 g/mol. The number of piperidine rings is 1. The highest BCUT2D eigenvalue weighted by atomic mass is 16.2. The molecule has 8 heteroatoms. The molecule has 0 saturated carbocycles. The molecule has 1 amide bonds. The first-order valence-electron chi connectivity index (χ1n) is 13.2.